The average molecular weight is 407 g/mol. The first-order valence-electron chi connectivity index (χ1n) is 8.74. The molecule has 142 valence electrons. The van der Waals surface area contributed by atoms with Crippen molar-refractivity contribution in [2.45, 2.75) is 17.4 Å². The van der Waals surface area contributed by atoms with Crippen LogP contribution >= 0.6 is 11.6 Å². The summed E-state index contributed by atoms with van der Waals surface area (Å²) in [5.41, 5.74) is 1.03. The Morgan fingerprint density at radius 1 is 1.04 bits per heavy atom. The van der Waals surface area contributed by atoms with Gasteiger partial charge in [0.2, 0.25) is 10.0 Å². The molecule has 0 spiro atoms. The number of carbonyl (C=O) groups excluding carboxylic acids is 1. The van der Waals surface area contributed by atoms with E-state index in [-0.39, 0.29) is 23.9 Å². The maximum Gasteiger partial charge on any atom is 0.264 e. The van der Waals surface area contributed by atoms with Crippen LogP contribution in [0.5, 0.6) is 5.75 Å². The Bertz CT molecular complexity index is 946. The van der Waals surface area contributed by atoms with E-state index in [1.807, 2.05) is 24.3 Å². The van der Waals surface area contributed by atoms with E-state index < -0.39 is 16.1 Å². The van der Waals surface area contributed by atoms with Crippen LogP contribution in [0, 0.1) is 0 Å². The van der Waals surface area contributed by atoms with Gasteiger partial charge in [0.15, 0.2) is 6.10 Å². The third-order valence-corrected chi connectivity index (χ3v) is 7.04. The maximum absolute atomic E-state index is 12.8. The second-order valence-electron chi connectivity index (χ2n) is 6.61. The molecule has 0 unspecified atom stereocenters. The highest BCUT2D eigenvalue weighted by Crippen LogP contribution is 2.29. The molecule has 0 radical (unpaired) electrons. The lowest BCUT2D eigenvalue weighted by atomic mass is 10.1. The molecule has 2 aromatic carbocycles. The summed E-state index contributed by atoms with van der Waals surface area (Å²) in [6.07, 6.45) is 0.0224. The van der Waals surface area contributed by atoms with E-state index in [2.05, 4.69) is 0 Å². The van der Waals surface area contributed by atoms with Gasteiger partial charge in [-0.1, -0.05) is 35.9 Å². The van der Waals surface area contributed by atoms with Crippen molar-refractivity contribution in [3.63, 3.8) is 0 Å². The van der Waals surface area contributed by atoms with Crippen molar-refractivity contribution in [3.8, 4) is 5.75 Å². The summed E-state index contributed by atoms with van der Waals surface area (Å²) in [5, 5.41) is 0.378. The lowest BCUT2D eigenvalue weighted by Crippen LogP contribution is -2.53. The minimum atomic E-state index is -3.62. The van der Waals surface area contributed by atoms with Gasteiger partial charge in [0.25, 0.3) is 5.91 Å². The number of para-hydroxylation sites is 1. The Hall–Kier alpha value is -2.09. The number of nitrogens with zero attached hydrogens (tertiary/aromatic N) is 2. The van der Waals surface area contributed by atoms with Gasteiger partial charge >= 0.3 is 0 Å². The standard InChI is InChI=1S/C19H19ClN2O4S/c20-15-5-3-6-16(13-15)27(24,25)22-10-8-21(9-11-22)19(23)18-12-14-4-1-2-7-17(14)26-18/h1-7,13,18H,8-12H2/t18-/m1/s1. The van der Waals surface area contributed by atoms with Crippen LogP contribution in [0.15, 0.2) is 53.4 Å². The predicted molar refractivity (Wildman–Crippen MR) is 101 cm³/mol. The number of rotatable bonds is 3. The van der Waals surface area contributed by atoms with Crippen molar-refractivity contribution < 1.29 is 17.9 Å². The molecule has 0 aliphatic carbocycles. The maximum atomic E-state index is 12.8. The first-order chi connectivity index (χ1) is 12.9. The monoisotopic (exact) mass is 406 g/mol. The molecule has 2 aliphatic heterocycles. The quantitative estimate of drug-likeness (QED) is 0.783. The van der Waals surface area contributed by atoms with Crippen LogP contribution in [-0.4, -0.2) is 55.8 Å². The van der Waals surface area contributed by atoms with Crippen LogP contribution in [0.3, 0.4) is 0 Å². The first-order valence-corrected chi connectivity index (χ1v) is 10.6. The fourth-order valence-electron chi connectivity index (χ4n) is 3.45. The SMILES string of the molecule is O=C([C@H]1Cc2ccccc2O1)N1CCN(S(=O)(=O)c2cccc(Cl)c2)CC1. The molecule has 1 fully saturated rings. The molecule has 2 aliphatic rings. The van der Waals surface area contributed by atoms with Gasteiger partial charge in [0.05, 0.1) is 4.90 Å². The number of amides is 1. The molecule has 1 amide bonds. The summed E-state index contributed by atoms with van der Waals surface area (Å²) < 4.78 is 32.7. The third-order valence-electron chi connectivity index (χ3n) is 4.91. The molecule has 2 aromatic rings. The normalized spacial score (nSPS) is 20.2. The fraction of sp³-hybridized carbons (Fsp3) is 0.316. The summed E-state index contributed by atoms with van der Waals surface area (Å²) in [6, 6.07) is 13.8. The van der Waals surface area contributed by atoms with E-state index in [0.29, 0.717) is 24.5 Å². The van der Waals surface area contributed by atoms with E-state index in [1.165, 1.54) is 16.4 Å². The predicted octanol–water partition coefficient (Wildman–Crippen LogP) is 2.18. The second kappa shape index (κ2) is 7.14. The molecule has 0 bridgehead atoms. The van der Waals surface area contributed by atoms with Gasteiger partial charge in [-0.25, -0.2) is 8.42 Å². The zero-order valence-electron chi connectivity index (χ0n) is 14.5. The van der Waals surface area contributed by atoms with Gasteiger partial charge in [0.1, 0.15) is 5.75 Å². The van der Waals surface area contributed by atoms with Gasteiger partial charge in [-0.15, -0.1) is 0 Å². The van der Waals surface area contributed by atoms with Gasteiger partial charge in [-0.2, -0.15) is 4.31 Å². The Kier molecular flexibility index (Phi) is 4.84. The van der Waals surface area contributed by atoms with Crippen molar-refractivity contribution in [2.75, 3.05) is 26.2 Å². The molecular formula is C19H19ClN2O4S. The van der Waals surface area contributed by atoms with Crippen LogP contribution in [0.4, 0.5) is 0 Å². The smallest absolute Gasteiger partial charge is 0.264 e. The Morgan fingerprint density at radius 2 is 1.78 bits per heavy atom. The third kappa shape index (κ3) is 3.54. The number of halogens is 1. The van der Waals surface area contributed by atoms with Gasteiger partial charge in [-0.3, -0.25) is 4.79 Å². The average Bonchev–Trinajstić information content (AvgIpc) is 3.12. The number of ether oxygens (including phenoxy) is 1. The van der Waals surface area contributed by atoms with Crippen molar-refractivity contribution in [1.29, 1.82) is 0 Å². The zero-order chi connectivity index (χ0) is 19.0. The molecule has 4 rings (SSSR count). The Morgan fingerprint density at radius 3 is 2.48 bits per heavy atom. The van der Waals surface area contributed by atoms with Gasteiger partial charge < -0.3 is 9.64 Å². The molecule has 0 saturated carbocycles. The highest BCUT2D eigenvalue weighted by atomic mass is 35.5. The summed E-state index contributed by atoms with van der Waals surface area (Å²) in [7, 11) is -3.62. The lowest BCUT2D eigenvalue weighted by Gasteiger charge is -2.35. The van der Waals surface area contributed by atoms with Crippen LogP contribution in [0.2, 0.25) is 5.02 Å². The molecule has 8 heteroatoms. The number of benzene rings is 2. The van der Waals surface area contributed by atoms with Crippen LogP contribution in [-0.2, 0) is 21.2 Å². The Labute approximate surface area is 163 Å². The van der Waals surface area contributed by atoms with Crippen molar-refractivity contribution >= 4 is 27.5 Å². The summed E-state index contributed by atoms with van der Waals surface area (Å²) in [5.74, 6) is 0.657. The van der Waals surface area contributed by atoms with E-state index >= 15 is 0 Å². The van der Waals surface area contributed by atoms with E-state index in [1.54, 1.807) is 17.0 Å². The molecular weight excluding hydrogens is 388 g/mol. The minimum absolute atomic E-state index is 0.0917. The lowest BCUT2D eigenvalue weighted by molar-refractivity contribution is -0.139. The highest BCUT2D eigenvalue weighted by molar-refractivity contribution is 7.89. The first kappa shape index (κ1) is 18.3. The molecule has 0 aromatic heterocycles. The van der Waals surface area contributed by atoms with Crippen LogP contribution in [0.25, 0.3) is 0 Å². The van der Waals surface area contributed by atoms with Crippen molar-refractivity contribution in [3.05, 3.63) is 59.1 Å². The fourth-order valence-corrected chi connectivity index (χ4v) is 5.17. The topological polar surface area (TPSA) is 66.9 Å². The minimum Gasteiger partial charge on any atom is -0.480 e. The number of hydrogen-bond acceptors (Lipinski definition) is 4. The van der Waals surface area contributed by atoms with Crippen LogP contribution < -0.4 is 4.74 Å². The summed E-state index contributed by atoms with van der Waals surface area (Å²) in [6.45, 7) is 1.18. The molecule has 0 N–H and O–H groups in total. The van der Waals surface area contributed by atoms with Crippen molar-refractivity contribution in [1.82, 2.24) is 9.21 Å². The number of piperazine rings is 1. The molecule has 6 nitrogen and oxygen atoms in total. The molecule has 2 heterocycles. The Balaban J connectivity index is 1.40. The number of carbonyl (C=O) groups is 1. The largest absolute Gasteiger partial charge is 0.480 e. The number of sulfonamides is 1. The number of fused-ring (bicyclic) bond motifs is 1. The van der Waals surface area contributed by atoms with Crippen LogP contribution in [0.1, 0.15) is 5.56 Å². The van der Waals surface area contributed by atoms with Gasteiger partial charge in [0, 0.05) is 37.6 Å². The second-order valence-corrected chi connectivity index (χ2v) is 8.98. The molecule has 1 atom stereocenters. The van der Waals surface area contributed by atoms with E-state index in [0.717, 1.165) is 11.3 Å². The summed E-state index contributed by atoms with van der Waals surface area (Å²) >= 11 is 5.92. The molecule has 1 saturated heterocycles. The summed E-state index contributed by atoms with van der Waals surface area (Å²) in [4.78, 5) is 14.6. The zero-order valence-corrected chi connectivity index (χ0v) is 16.1. The van der Waals surface area contributed by atoms with Gasteiger partial charge in [-0.05, 0) is 29.8 Å². The van der Waals surface area contributed by atoms with Crippen molar-refractivity contribution in [2.24, 2.45) is 0 Å². The van der Waals surface area contributed by atoms with E-state index in [9.17, 15) is 13.2 Å². The number of hydrogen-bond donors (Lipinski definition) is 0. The van der Waals surface area contributed by atoms with E-state index in [4.69, 9.17) is 16.3 Å². The highest BCUT2D eigenvalue weighted by Gasteiger charge is 2.36. The molecule has 27 heavy (non-hydrogen) atoms.